The predicted molar refractivity (Wildman–Crippen MR) is 82.4 cm³/mol. The van der Waals surface area contributed by atoms with E-state index in [4.69, 9.17) is 5.73 Å². The number of benzene rings is 1. The second-order valence-electron chi connectivity index (χ2n) is 4.89. The Balaban J connectivity index is 2.14. The van der Waals surface area contributed by atoms with Crippen LogP contribution >= 0.6 is 0 Å². The van der Waals surface area contributed by atoms with Gasteiger partial charge in [0.15, 0.2) is 11.6 Å². The third kappa shape index (κ3) is 2.72. The van der Waals surface area contributed by atoms with Crippen molar-refractivity contribution >= 4 is 5.95 Å². The quantitative estimate of drug-likeness (QED) is 0.779. The summed E-state index contributed by atoms with van der Waals surface area (Å²) in [5.41, 5.74) is 9.57. The minimum atomic E-state index is 0.195. The van der Waals surface area contributed by atoms with Gasteiger partial charge in [0.25, 0.3) is 0 Å². The molecule has 0 aliphatic rings. The van der Waals surface area contributed by atoms with Crippen LogP contribution < -0.4 is 5.73 Å². The van der Waals surface area contributed by atoms with Gasteiger partial charge in [-0.1, -0.05) is 36.4 Å². The standard InChI is InChI=1S/C16H15N5/c1-10-8-11(2)13(18-9-10)15-19-14(20-16(17)21-15)12-6-4-3-5-7-12/h3-9H,1-2H3,(H2,17,19,20,21). The molecule has 0 saturated heterocycles. The summed E-state index contributed by atoms with van der Waals surface area (Å²) in [6, 6.07) is 11.7. The number of hydrogen-bond donors (Lipinski definition) is 1. The molecule has 2 N–H and O–H groups in total. The molecular weight excluding hydrogens is 262 g/mol. The Bertz CT molecular complexity index is 784. The zero-order chi connectivity index (χ0) is 14.8. The number of aryl methyl sites for hydroxylation is 2. The molecule has 0 unspecified atom stereocenters. The second-order valence-corrected chi connectivity index (χ2v) is 4.89. The Morgan fingerprint density at radius 2 is 1.62 bits per heavy atom. The van der Waals surface area contributed by atoms with Crippen LogP contribution in [0.25, 0.3) is 22.9 Å². The lowest BCUT2D eigenvalue weighted by atomic mass is 10.1. The molecule has 0 bridgehead atoms. The molecule has 2 aromatic heterocycles. The largest absolute Gasteiger partial charge is 0.368 e. The number of pyridine rings is 1. The highest BCUT2D eigenvalue weighted by molar-refractivity contribution is 5.62. The molecule has 0 amide bonds. The van der Waals surface area contributed by atoms with Crippen LogP contribution in [0.15, 0.2) is 42.6 Å². The molecule has 3 rings (SSSR count). The number of aromatic nitrogens is 4. The van der Waals surface area contributed by atoms with Gasteiger partial charge in [-0.05, 0) is 25.0 Å². The highest BCUT2D eigenvalue weighted by Gasteiger charge is 2.11. The fraction of sp³-hybridized carbons (Fsp3) is 0.125. The summed E-state index contributed by atoms with van der Waals surface area (Å²) in [5, 5.41) is 0. The summed E-state index contributed by atoms with van der Waals surface area (Å²) >= 11 is 0. The van der Waals surface area contributed by atoms with E-state index >= 15 is 0 Å². The van der Waals surface area contributed by atoms with Crippen molar-refractivity contribution in [1.29, 1.82) is 0 Å². The fourth-order valence-electron chi connectivity index (χ4n) is 2.16. The molecular formula is C16H15N5. The maximum Gasteiger partial charge on any atom is 0.224 e. The van der Waals surface area contributed by atoms with Crippen molar-refractivity contribution in [2.75, 3.05) is 5.73 Å². The molecule has 0 radical (unpaired) electrons. The Hall–Kier alpha value is -2.82. The first-order chi connectivity index (χ1) is 10.1. The Morgan fingerprint density at radius 1 is 0.905 bits per heavy atom. The molecule has 2 heterocycles. The van der Waals surface area contributed by atoms with Crippen molar-refractivity contribution in [2.24, 2.45) is 0 Å². The van der Waals surface area contributed by atoms with Gasteiger partial charge >= 0.3 is 0 Å². The fourth-order valence-corrected chi connectivity index (χ4v) is 2.16. The predicted octanol–water partition coefficient (Wildman–Crippen LogP) is 2.80. The van der Waals surface area contributed by atoms with Crippen LogP contribution in [0.3, 0.4) is 0 Å². The van der Waals surface area contributed by atoms with Gasteiger partial charge in [0.05, 0.1) is 0 Å². The van der Waals surface area contributed by atoms with Crippen molar-refractivity contribution in [3.8, 4) is 22.9 Å². The number of hydrogen-bond acceptors (Lipinski definition) is 5. The SMILES string of the molecule is Cc1cnc(-c2nc(N)nc(-c3ccccc3)n2)c(C)c1. The molecule has 104 valence electrons. The van der Waals surface area contributed by atoms with Crippen LogP contribution in [-0.2, 0) is 0 Å². The first-order valence-corrected chi connectivity index (χ1v) is 6.64. The Labute approximate surface area is 122 Å². The maximum absolute atomic E-state index is 5.82. The van der Waals surface area contributed by atoms with E-state index in [-0.39, 0.29) is 5.95 Å². The molecule has 5 nitrogen and oxygen atoms in total. The molecule has 3 aromatic rings. The van der Waals surface area contributed by atoms with Crippen LogP contribution in [0.2, 0.25) is 0 Å². The van der Waals surface area contributed by atoms with E-state index in [1.165, 1.54) is 0 Å². The van der Waals surface area contributed by atoms with E-state index in [0.29, 0.717) is 11.6 Å². The molecule has 0 fully saturated rings. The number of nitrogens with two attached hydrogens (primary N) is 1. The zero-order valence-corrected chi connectivity index (χ0v) is 11.9. The normalized spacial score (nSPS) is 10.6. The lowest BCUT2D eigenvalue weighted by molar-refractivity contribution is 1.05. The minimum Gasteiger partial charge on any atom is -0.368 e. The van der Waals surface area contributed by atoms with Crippen LogP contribution in [0.4, 0.5) is 5.95 Å². The van der Waals surface area contributed by atoms with Gasteiger partial charge in [0, 0.05) is 11.8 Å². The average Bonchev–Trinajstić information content (AvgIpc) is 2.47. The first kappa shape index (κ1) is 13.2. The lowest BCUT2D eigenvalue weighted by Gasteiger charge is -2.07. The Kier molecular flexibility index (Phi) is 3.31. The minimum absolute atomic E-state index is 0.195. The molecule has 0 aliphatic heterocycles. The zero-order valence-electron chi connectivity index (χ0n) is 11.9. The summed E-state index contributed by atoms with van der Waals surface area (Å²) in [7, 11) is 0. The topological polar surface area (TPSA) is 77.6 Å². The van der Waals surface area contributed by atoms with E-state index in [2.05, 4.69) is 19.9 Å². The van der Waals surface area contributed by atoms with Gasteiger partial charge in [-0.25, -0.2) is 4.98 Å². The maximum atomic E-state index is 5.82. The Morgan fingerprint density at radius 3 is 2.33 bits per heavy atom. The van der Waals surface area contributed by atoms with Crippen LogP contribution in [0.5, 0.6) is 0 Å². The molecule has 1 aromatic carbocycles. The number of nitrogens with zero attached hydrogens (tertiary/aromatic N) is 4. The highest BCUT2D eigenvalue weighted by Crippen LogP contribution is 2.22. The summed E-state index contributed by atoms with van der Waals surface area (Å²) in [4.78, 5) is 17.3. The van der Waals surface area contributed by atoms with Gasteiger partial charge in [-0.3, -0.25) is 4.98 Å². The van der Waals surface area contributed by atoms with Crippen LogP contribution in [-0.4, -0.2) is 19.9 Å². The number of anilines is 1. The van der Waals surface area contributed by atoms with E-state index in [0.717, 1.165) is 22.4 Å². The van der Waals surface area contributed by atoms with Gasteiger partial charge in [0.1, 0.15) is 5.69 Å². The number of nitrogen functional groups attached to an aromatic ring is 1. The summed E-state index contributed by atoms with van der Waals surface area (Å²) in [6.45, 7) is 3.98. The molecule has 0 aliphatic carbocycles. The van der Waals surface area contributed by atoms with Crippen molar-refractivity contribution in [3.05, 3.63) is 53.7 Å². The summed E-state index contributed by atoms with van der Waals surface area (Å²) in [6.07, 6.45) is 1.80. The molecule has 21 heavy (non-hydrogen) atoms. The van der Waals surface area contributed by atoms with Gasteiger partial charge in [-0.2, -0.15) is 9.97 Å². The number of rotatable bonds is 2. The van der Waals surface area contributed by atoms with Crippen molar-refractivity contribution in [2.45, 2.75) is 13.8 Å². The first-order valence-electron chi connectivity index (χ1n) is 6.64. The van der Waals surface area contributed by atoms with Crippen molar-refractivity contribution in [1.82, 2.24) is 19.9 Å². The molecule has 5 heteroatoms. The summed E-state index contributed by atoms with van der Waals surface area (Å²) < 4.78 is 0. The molecule has 0 saturated carbocycles. The van der Waals surface area contributed by atoms with Crippen LogP contribution in [0, 0.1) is 13.8 Å². The third-order valence-corrected chi connectivity index (χ3v) is 3.11. The van der Waals surface area contributed by atoms with E-state index < -0.39 is 0 Å². The van der Waals surface area contributed by atoms with E-state index in [1.807, 2.05) is 50.2 Å². The summed E-state index contributed by atoms with van der Waals surface area (Å²) in [5.74, 6) is 1.25. The van der Waals surface area contributed by atoms with Crippen molar-refractivity contribution < 1.29 is 0 Å². The van der Waals surface area contributed by atoms with Crippen molar-refractivity contribution in [3.63, 3.8) is 0 Å². The third-order valence-electron chi connectivity index (χ3n) is 3.11. The van der Waals surface area contributed by atoms with Gasteiger partial charge in [0.2, 0.25) is 5.95 Å². The second kappa shape index (κ2) is 5.28. The van der Waals surface area contributed by atoms with E-state index in [1.54, 1.807) is 6.20 Å². The van der Waals surface area contributed by atoms with E-state index in [9.17, 15) is 0 Å². The van der Waals surface area contributed by atoms with Gasteiger partial charge < -0.3 is 5.73 Å². The lowest BCUT2D eigenvalue weighted by Crippen LogP contribution is -2.04. The average molecular weight is 277 g/mol. The van der Waals surface area contributed by atoms with Gasteiger partial charge in [-0.15, -0.1) is 0 Å². The highest BCUT2D eigenvalue weighted by atomic mass is 15.1. The molecule has 0 atom stereocenters. The smallest absolute Gasteiger partial charge is 0.224 e. The van der Waals surface area contributed by atoms with Crippen LogP contribution in [0.1, 0.15) is 11.1 Å². The monoisotopic (exact) mass is 277 g/mol. The molecule has 0 spiro atoms.